The molecule has 4 rings (SSSR count). The van der Waals surface area contributed by atoms with Crippen LogP contribution in [0.1, 0.15) is 48.0 Å². The third kappa shape index (κ3) is 11.6. The van der Waals surface area contributed by atoms with Crippen molar-refractivity contribution < 1.29 is 42.6 Å². The van der Waals surface area contributed by atoms with Crippen LogP contribution in [0, 0.1) is 5.82 Å². The minimum absolute atomic E-state index is 0.0333. The summed E-state index contributed by atoms with van der Waals surface area (Å²) in [6, 6.07) is 13.5. The lowest BCUT2D eigenvalue weighted by Gasteiger charge is -2.42. The molecule has 2 fully saturated rings. The first-order valence-electron chi connectivity index (χ1n) is 15.8. The number of carbonyl (C=O) groups is 5. The maximum absolute atomic E-state index is 13.3. The molecule has 2 heterocycles. The van der Waals surface area contributed by atoms with Gasteiger partial charge in [-0.1, -0.05) is 30.3 Å². The fourth-order valence-corrected chi connectivity index (χ4v) is 5.42. The molecule has 2 aromatic rings. The predicted octanol–water partition coefficient (Wildman–Crippen LogP) is 1.66. The number of ether oxygens (including phenoxy) is 3. The number of piperidine rings is 1. The molecule has 0 saturated carbocycles. The zero-order chi connectivity index (χ0) is 33.5. The van der Waals surface area contributed by atoms with Crippen LogP contribution in [0.5, 0.6) is 0 Å². The Labute approximate surface area is 272 Å². The van der Waals surface area contributed by atoms with Crippen molar-refractivity contribution in [3.63, 3.8) is 0 Å². The van der Waals surface area contributed by atoms with Gasteiger partial charge in [0.1, 0.15) is 25.1 Å². The van der Waals surface area contributed by atoms with Gasteiger partial charge in [0.25, 0.3) is 5.91 Å². The molecule has 0 bridgehead atoms. The third-order valence-corrected chi connectivity index (χ3v) is 7.97. The lowest BCUT2D eigenvalue weighted by molar-refractivity contribution is -0.130. The summed E-state index contributed by atoms with van der Waals surface area (Å²) in [6.45, 7) is 1.28. The van der Waals surface area contributed by atoms with Crippen LogP contribution >= 0.6 is 0 Å². The van der Waals surface area contributed by atoms with E-state index in [2.05, 4.69) is 21.3 Å². The molecule has 1 atom stereocenters. The molecular formula is C33H42FN5O8. The number of rotatable bonds is 4. The van der Waals surface area contributed by atoms with Crippen molar-refractivity contribution in [3.8, 4) is 0 Å². The molecule has 0 radical (unpaired) electrons. The van der Waals surface area contributed by atoms with Gasteiger partial charge in [-0.25, -0.2) is 9.18 Å². The number of nitrogens with one attached hydrogen (secondary N) is 4. The van der Waals surface area contributed by atoms with Crippen LogP contribution in [-0.2, 0) is 35.2 Å². The maximum Gasteiger partial charge on any atom is 0.408 e. The lowest BCUT2D eigenvalue weighted by atomic mass is 9.83. The molecular weight excluding hydrogens is 613 g/mol. The summed E-state index contributed by atoms with van der Waals surface area (Å²) in [6.07, 6.45) is 0.454. The van der Waals surface area contributed by atoms with Crippen LogP contribution in [0.15, 0.2) is 54.6 Å². The molecule has 4 N–H and O–H groups in total. The second-order valence-electron chi connectivity index (χ2n) is 11.5. The van der Waals surface area contributed by atoms with Crippen molar-refractivity contribution in [2.75, 3.05) is 52.6 Å². The van der Waals surface area contributed by atoms with E-state index in [0.717, 1.165) is 5.56 Å². The Hall–Kier alpha value is -4.56. The molecule has 5 amide bonds. The Morgan fingerprint density at radius 1 is 0.915 bits per heavy atom. The van der Waals surface area contributed by atoms with Crippen molar-refractivity contribution in [1.82, 2.24) is 26.2 Å². The Morgan fingerprint density at radius 2 is 1.64 bits per heavy atom. The second-order valence-corrected chi connectivity index (χ2v) is 11.5. The minimum atomic E-state index is -0.921. The summed E-state index contributed by atoms with van der Waals surface area (Å²) in [7, 11) is 0. The van der Waals surface area contributed by atoms with Gasteiger partial charge in [0.2, 0.25) is 17.7 Å². The number of alkyl carbamates (subject to hydrolysis) is 1. The highest BCUT2D eigenvalue weighted by Crippen LogP contribution is 2.27. The van der Waals surface area contributed by atoms with E-state index in [1.807, 2.05) is 30.3 Å². The molecule has 2 saturated heterocycles. The molecule has 0 unspecified atom stereocenters. The molecule has 2 aliphatic rings. The van der Waals surface area contributed by atoms with E-state index >= 15 is 0 Å². The normalized spacial score (nSPS) is 20.4. The summed E-state index contributed by atoms with van der Waals surface area (Å²) in [5.74, 6) is -1.82. The summed E-state index contributed by atoms with van der Waals surface area (Å²) in [4.78, 5) is 66.0. The summed E-state index contributed by atoms with van der Waals surface area (Å²) in [5.41, 5.74) is 0.234. The number of halogens is 1. The Bertz CT molecular complexity index is 1350. The highest BCUT2D eigenvalue weighted by Gasteiger charge is 2.39. The summed E-state index contributed by atoms with van der Waals surface area (Å²) in [5, 5.41) is 11.2. The number of hydrogen-bond acceptors (Lipinski definition) is 8. The van der Waals surface area contributed by atoms with Gasteiger partial charge in [-0.15, -0.1) is 0 Å². The number of amides is 5. The molecule has 2 aliphatic heterocycles. The van der Waals surface area contributed by atoms with Gasteiger partial charge in [0.05, 0.1) is 25.4 Å². The molecule has 0 aliphatic carbocycles. The minimum Gasteiger partial charge on any atom is -0.445 e. The highest BCUT2D eigenvalue weighted by atomic mass is 19.1. The largest absolute Gasteiger partial charge is 0.445 e. The zero-order valence-electron chi connectivity index (χ0n) is 26.3. The average molecular weight is 656 g/mol. The second kappa shape index (κ2) is 18.0. The average Bonchev–Trinajstić information content (AvgIpc) is 3.06. The predicted molar refractivity (Wildman–Crippen MR) is 167 cm³/mol. The first-order valence-corrected chi connectivity index (χ1v) is 15.8. The van der Waals surface area contributed by atoms with Gasteiger partial charge in [-0.3, -0.25) is 19.2 Å². The van der Waals surface area contributed by atoms with Gasteiger partial charge >= 0.3 is 6.09 Å². The number of likely N-dealkylation sites (tertiary alicyclic amines) is 1. The Balaban J connectivity index is 1.35. The van der Waals surface area contributed by atoms with Gasteiger partial charge in [0.15, 0.2) is 0 Å². The van der Waals surface area contributed by atoms with E-state index in [9.17, 15) is 28.4 Å². The molecule has 14 heteroatoms. The molecule has 254 valence electrons. The van der Waals surface area contributed by atoms with E-state index in [1.54, 1.807) is 4.90 Å². The van der Waals surface area contributed by atoms with E-state index in [-0.39, 0.29) is 83.9 Å². The fourth-order valence-electron chi connectivity index (χ4n) is 5.42. The number of nitrogens with zero attached hydrogens (tertiary/aromatic N) is 1. The third-order valence-electron chi connectivity index (χ3n) is 7.97. The smallest absolute Gasteiger partial charge is 0.408 e. The maximum atomic E-state index is 13.3. The topological polar surface area (TPSA) is 164 Å². The number of hydrogen-bond donors (Lipinski definition) is 4. The summed E-state index contributed by atoms with van der Waals surface area (Å²) >= 11 is 0. The zero-order valence-corrected chi connectivity index (χ0v) is 26.3. The van der Waals surface area contributed by atoms with Crippen LogP contribution in [0.25, 0.3) is 0 Å². The quantitative estimate of drug-likeness (QED) is 0.387. The first-order chi connectivity index (χ1) is 22.7. The van der Waals surface area contributed by atoms with Gasteiger partial charge < -0.3 is 40.4 Å². The fraction of sp³-hybridized carbons (Fsp3) is 0.485. The van der Waals surface area contributed by atoms with Crippen molar-refractivity contribution in [2.45, 2.75) is 50.3 Å². The Morgan fingerprint density at radius 3 is 2.38 bits per heavy atom. The highest BCUT2D eigenvalue weighted by molar-refractivity contribution is 5.94. The van der Waals surface area contributed by atoms with Gasteiger partial charge in [0, 0.05) is 38.2 Å². The Kier molecular flexibility index (Phi) is 13.5. The van der Waals surface area contributed by atoms with Crippen molar-refractivity contribution in [1.29, 1.82) is 0 Å². The van der Waals surface area contributed by atoms with Crippen molar-refractivity contribution in [3.05, 3.63) is 71.5 Å². The monoisotopic (exact) mass is 655 g/mol. The molecule has 0 aromatic heterocycles. The van der Waals surface area contributed by atoms with Gasteiger partial charge in [-0.05, 0) is 55.5 Å². The summed E-state index contributed by atoms with van der Waals surface area (Å²) < 4.78 is 29.6. The lowest BCUT2D eigenvalue weighted by Crippen LogP contribution is -2.58. The van der Waals surface area contributed by atoms with E-state index in [0.29, 0.717) is 24.8 Å². The van der Waals surface area contributed by atoms with Crippen LogP contribution < -0.4 is 21.3 Å². The van der Waals surface area contributed by atoms with E-state index in [1.165, 1.54) is 24.3 Å². The molecule has 13 nitrogen and oxygen atoms in total. The van der Waals surface area contributed by atoms with Crippen molar-refractivity contribution >= 4 is 29.7 Å². The number of carbonyl (C=O) groups excluding carboxylic acids is 5. The number of benzene rings is 2. The van der Waals surface area contributed by atoms with Crippen LogP contribution in [0.3, 0.4) is 0 Å². The van der Waals surface area contributed by atoms with Crippen LogP contribution in [0.4, 0.5) is 9.18 Å². The van der Waals surface area contributed by atoms with Crippen LogP contribution in [0.2, 0.25) is 0 Å². The van der Waals surface area contributed by atoms with E-state index < -0.39 is 35.3 Å². The molecule has 1 spiro atoms. The van der Waals surface area contributed by atoms with E-state index in [4.69, 9.17) is 14.2 Å². The van der Waals surface area contributed by atoms with Gasteiger partial charge in [-0.2, -0.15) is 0 Å². The SMILES string of the molecule is O=C1CC2(CCN(C(=O)c3ccc(F)cc3)CC2)NC(=O)COCCOCCNC(=O)[C@@H](NC(=O)OCc2ccccc2)CCCN1. The van der Waals surface area contributed by atoms with Crippen molar-refractivity contribution in [2.24, 2.45) is 0 Å². The first kappa shape index (κ1) is 35.3. The molecule has 47 heavy (non-hydrogen) atoms. The standard InChI is InChI=1S/C33H42FN5O8/c34-26-10-8-25(9-11-26)31(43)39-16-12-33(13-17-39)21-28(40)35-14-4-7-27(37-32(44)47-22-24-5-2-1-3-6-24)30(42)36-15-18-45-19-20-46-23-29(41)38-33/h1-3,5-6,8-11,27H,4,7,12-23H2,(H,35,40)(H,36,42)(H,37,44)(H,38,41)/t27-/m0/s1. The van der Waals surface area contributed by atoms with Crippen LogP contribution in [-0.4, -0.2) is 98.8 Å². The molecule has 2 aromatic carbocycles.